The number of amides is 3. The van der Waals surface area contributed by atoms with E-state index >= 15 is 0 Å². The van der Waals surface area contributed by atoms with E-state index in [9.17, 15) is 38.7 Å². The fourth-order valence-corrected chi connectivity index (χ4v) is 3.60. The highest BCUT2D eigenvalue weighted by atomic mass is 16.5. The van der Waals surface area contributed by atoms with E-state index < -0.39 is 86.3 Å². The molecule has 1 aromatic rings. The van der Waals surface area contributed by atoms with Crippen LogP contribution in [0.15, 0.2) is 30.3 Å². The number of benzene rings is 1. The van der Waals surface area contributed by atoms with Crippen LogP contribution >= 0.6 is 0 Å². The second kappa shape index (κ2) is 15.8. The first-order valence-corrected chi connectivity index (χ1v) is 12.3. The summed E-state index contributed by atoms with van der Waals surface area (Å²) in [6.45, 7) is 1.95. The minimum absolute atomic E-state index is 0.0751. The summed E-state index contributed by atoms with van der Waals surface area (Å²) in [6.07, 6.45) is -2.01. The van der Waals surface area contributed by atoms with Crippen LogP contribution in [0.25, 0.3) is 0 Å². The van der Waals surface area contributed by atoms with Crippen molar-refractivity contribution < 1.29 is 53.6 Å². The summed E-state index contributed by atoms with van der Waals surface area (Å²) in [5, 5.41) is 29.7. The summed E-state index contributed by atoms with van der Waals surface area (Å²) in [6, 6.07) is 6.92. The maximum Gasteiger partial charge on any atom is 0.408 e. The predicted octanol–water partition coefficient (Wildman–Crippen LogP) is 0.978. The molecule has 14 nitrogen and oxygen atoms in total. The van der Waals surface area contributed by atoms with Gasteiger partial charge in [0.05, 0.1) is 6.54 Å². The van der Waals surface area contributed by atoms with E-state index in [4.69, 9.17) is 14.9 Å². The fourth-order valence-electron chi connectivity index (χ4n) is 3.60. The molecular formula is C26H35N3O11. The van der Waals surface area contributed by atoms with Crippen molar-refractivity contribution in [1.29, 1.82) is 0 Å². The monoisotopic (exact) mass is 565 g/mol. The Morgan fingerprint density at radius 2 is 1.35 bits per heavy atom. The number of hydrogen-bond donors (Lipinski definition) is 4. The summed E-state index contributed by atoms with van der Waals surface area (Å²) in [4.78, 5) is 85.8. The van der Waals surface area contributed by atoms with Crippen LogP contribution < -0.4 is 5.32 Å². The number of carboxylic acids is 3. The van der Waals surface area contributed by atoms with E-state index in [1.54, 1.807) is 51.1 Å². The molecule has 0 radical (unpaired) electrons. The van der Waals surface area contributed by atoms with Gasteiger partial charge in [0.1, 0.15) is 32.3 Å². The number of nitrogens with zero attached hydrogens (tertiary/aromatic N) is 2. The van der Waals surface area contributed by atoms with E-state index in [1.807, 2.05) is 0 Å². The third kappa shape index (κ3) is 13.9. The molecule has 0 saturated heterocycles. The minimum Gasteiger partial charge on any atom is -0.480 e. The third-order valence-electron chi connectivity index (χ3n) is 5.19. The molecular weight excluding hydrogens is 530 g/mol. The van der Waals surface area contributed by atoms with Crippen LogP contribution in [0.4, 0.5) is 4.79 Å². The third-order valence-corrected chi connectivity index (χ3v) is 5.19. The number of hydrogen-bond acceptors (Lipinski definition) is 8. The van der Waals surface area contributed by atoms with Crippen molar-refractivity contribution in [2.75, 3.05) is 26.2 Å². The minimum atomic E-state index is -1.59. The first-order chi connectivity index (χ1) is 18.6. The standard InChI is InChI=1S/C26H35N3O11/c1-26(2,3)11-18(30)12-28(13-21(32)33)20(31)10-9-19(24(38)29(14-22(34)35)15-23(36)37)27-25(39)40-16-17-7-5-4-6-8-17/h4-8,19H,9-16H2,1-3H3,(H,27,39)(H,32,33)(H,34,35)(H,36,37). The molecule has 0 aliphatic rings. The molecule has 0 aliphatic heterocycles. The van der Waals surface area contributed by atoms with Gasteiger partial charge in [0, 0.05) is 12.8 Å². The van der Waals surface area contributed by atoms with Crippen LogP contribution in [0.3, 0.4) is 0 Å². The van der Waals surface area contributed by atoms with Gasteiger partial charge in [0.25, 0.3) is 0 Å². The number of Topliss-reactive ketones (excluding diaryl/α,β-unsaturated/α-hetero) is 1. The van der Waals surface area contributed by atoms with Crippen LogP contribution in [0.5, 0.6) is 0 Å². The van der Waals surface area contributed by atoms with Gasteiger partial charge in [0.2, 0.25) is 11.8 Å². The second-order valence-electron chi connectivity index (χ2n) is 10.2. The van der Waals surface area contributed by atoms with Crippen molar-refractivity contribution >= 4 is 41.6 Å². The number of nitrogens with one attached hydrogen (secondary N) is 1. The van der Waals surface area contributed by atoms with Gasteiger partial charge in [-0.25, -0.2) is 4.79 Å². The molecule has 40 heavy (non-hydrogen) atoms. The molecule has 0 aromatic heterocycles. The van der Waals surface area contributed by atoms with Crippen molar-refractivity contribution in [3.8, 4) is 0 Å². The number of rotatable bonds is 16. The van der Waals surface area contributed by atoms with Crippen LogP contribution in [0, 0.1) is 5.41 Å². The highest BCUT2D eigenvalue weighted by Crippen LogP contribution is 2.19. The first kappa shape index (κ1) is 33.5. The lowest BCUT2D eigenvalue weighted by atomic mass is 9.90. The molecule has 1 aromatic carbocycles. The molecule has 1 atom stereocenters. The summed E-state index contributed by atoms with van der Waals surface area (Å²) >= 11 is 0. The van der Waals surface area contributed by atoms with Crippen molar-refractivity contribution in [3.05, 3.63) is 35.9 Å². The van der Waals surface area contributed by atoms with Crippen molar-refractivity contribution in [3.63, 3.8) is 0 Å². The Kier molecular flexibility index (Phi) is 13.3. The number of carbonyl (C=O) groups is 7. The summed E-state index contributed by atoms with van der Waals surface area (Å²) < 4.78 is 5.09. The zero-order valence-electron chi connectivity index (χ0n) is 22.6. The number of carbonyl (C=O) groups excluding carboxylic acids is 4. The topological polar surface area (TPSA) is 208 Å². The Morgan fingerprint density at radius 1 is 0.825 bits per heavy atom. The van der Waals surface area contributed by atoms with E-state index in [0.717, 1.165) is 4.90 Å². The van der Waals surface area contributed by atoms with Gasteiger partial charge in [-0.15, -0.1) is 0 Å². The molecule has 1 unspecified atom stereocenters. The lowest BCUT2D eigenvalue weighted by molar-refractivity contribution is -0.150. The average Bonchev–Trinajstić information content (AvgIpc) is 2.82. The molecule has 4 N–H and O–H groups in total. The number of aliphatic carboxylic acids is 3. The van der Waals surface area contributed by atoms with Gasteiger partial charge < -0.3 is 35.2 Å². The van der Waals surface area contributed by atoms with Gasteiger partial charge in [-0.3, -0.25) is 28.8 Å². The number of ketones is 1. The highest BCUT2D eigenvalue weighted by Gasteiger charge is 2.31. The van der Waals surface area contributed by atoms with Gasteiger partial charge >= 0.3 is 24.0 Å². The van der Waals surface area contributed by atoms with Crippen molar-refractivity contribution in [1.82, 2.24) is 15.1 Å². The molecule has 1 rings (SSSR count). The lowest BCUT2D eigenvalue weighted by Crippen LogP contribution is -2.51. The van der Waals surface area contributed by atoms with E-state index in [-0.39, 0.29) is 18.8 Å². The summed E-state index contributed by atoms with van der Waals surface area (Å²) in [7, 11) is 0. The Bertz CT molecular complexity index is 1070. The van der Waals surface area contributed by atoms with Crippen LogP contribution in [0.2, 0.25) is 0 Å². The Hall–Kier alpha value is -4.49. The largest absolute Gasteiger partial charge is 0.480 e. The Morgan fingerprint density at radius 3 is 1.85 bits per heavy atom. The van der Waals surface area contributed by atoms with Gasteiger partial charge in [-0.05, 0) is 17.4 Å². The highest BCUT2D eigenvalue weighted by molar-refractivity contribution is 5.92. The van der Waals surface area contributed by atoms with E-state index in [1.165, 1.54) is 0 Å². The smallest absolute Gasteiger partial charge is 0.408 e. The maximum absolute atomic E-state index is 13.1. The predicted molar refractivity (Wildman–Crippen MR) is 138 cm³/mol. The Balaban J connectivity index is 3.08. The molecule has 0 heterocycles. The molecule has 0 aliphatic carbocycles. The van der Waals surface area contributed by atoms with Crippen molar-refractivity contribution in [2.45, 2.75) is 52.7 Å². The van der Waals surface area contributed by atoms with E-state index in [2.05, 4.69) is 5.32 Å². The molecule has 0 saturated carbocycles. The number of carboxylic acid groups (broad SMARTS) is 3. The van der Waals surface area contributed by atoms with E-state index in [0.29, 0.717) is 10.5 Å². The Labute approximate surface area is 230 Å². The van der Waals surface area contributed by atoms with Crippen LogP contribution in [0.1, 0.15) is 45.6 Å². The zero-order valence-corrected chi connectivity index (χ0v) is 22.6. The molecule has 14 heteroatoms. The second-order valence-corrected chi connectivity index (χ2v) is 10.2. The fraction of sp³-hybridized carbons (Fsp3) is 0.500. The normalized spacial score (nSPS) is 11.6. The number of alkyl carbamates (subject to hydrolysis) is 1. The molecule has 0 fully saturated rings. The van der Waals surface area contributed by atoms with Gasteiger partial charge in [0.15, 0.2) is 5.78 Å². The SMILES string of the molecule is CC(C)(C)CC(=O)CN(CC(=O)O)C(=O)CCC(NC(=O)OCc1ccccc1)C(=O)N(CC(=O)O)CC(=O)O. The summed E-state index contributed by atoms with van der Waals surface area (Å²) in [5.41, 5.74) is 0.215. The van der Waals surface area contributed by atoms with Crippen LogP contribution in [-0.4, -0.2) is 98.9 Å². The average molecular weight is 566 g/mol. The molecule has 0 bridgehead atoms. The van der Waals surface area contributed by atoms with Gasteiger partial charge in [-0.2, -0.15) is 0 Å². The quantitative estimate of drug-likeness (QED) is 0.222. The lowest BCUT2D eigenvalue weighted by Gasteiger charge is -2.26. The summed E-state index contributed by atoms with van der Waals surface area (Å²) in [5.74, 6) is -6.71. The van der Waals surface area contributed by atoms with Gasteiger partial charge in [-0.1, -0.05) is 51.1 Å². The van der Waals surface area contributed by atoms with Crippen LogP contribution in [-0.2, 0) is 40.1 Å². The number of ether oxygens (including phenoxy) is 1. The molecule has 3 amide bonds. The molecule has 0 spiro atoms. The molecule has 220 valence electrons. The first-order valence-electron chi connectivity index (χ1n) is 12.3. The zero-order chi connectivity index (χ0) is 30.5. The van der Waals surface area contributed by atoms with Crippen molar-refractivity contribution in [2.24, 2.45) is 5.41 Å². The maximum atomic E-state index is 13.1.